The van der Waals surface area contributed by atoms with Gasteiger partial charge in [0.15, 0.2) is 0 Å². The number of nitrogens with one attached hydrogen (secondary N) is 1. The van der Waals surface area contributed by atoms with E-state index in [1.54, 1.807) is 0 Å². The van der Waals surface area contributed by atoms with E-state index in [9.17, 15) is 0 Å². The number of hydrogen-bond donors (Lipinski definition) is 1. The highest BCUT2D eigenvalue weighted by atomic mass is 15.1. The van der Waals surface area contributed by atoms with Crippen molar-refractivity contribution in [2.24, 2.45) is 10.9 Å². The van der Waals surface area contributed by atoms with Gasteiger partial charge in [-0.25, -0.2) is 0 Å². The van der Waals surface area contributed by atoms with Crippen molar-refractivity contribution < 1.29 is 0 Å². The van der Waals surface area contributed by atoms with E-state index in [1.165, 1.54) is 25.9 Å². The summed E-state index contributed by atoms with van der Waals surface area (Å²) in [6.07, 6.45) is 4.50. The minimum atomic E-state index is 0.568. The standard InChI is InChI=1S/C9H17N3/c1-12-4-2-8(3-5-12)9-6-10-7-11-9/h7-9H,2-6H2,1H3,(H,10,11). The van der Waals surface area contributed by atoms with Gasteiger partial charge in [0.2, 0.25) is 0 Å². The second-order valence-corrected chi connectivity index (χ2v) is 3.89. The summed E-state index contributed by atoms with van der Waals surface area (Å²) in [5.41, 5.74) is 0. The van der Waals surface area contributed by atoms with Crippen LogP contribution in [-0.2, 0) is 0 Å². The van der Waals surface area contributed by atoms with Crippen molar-refractivity contribution in [2.75, 3.05) is 26.7 Å². The summed E-state index contributed by atoms with van der Waals surface area (Å²) in [5, 5.41) is 3.18. The lowest BCUT2D eigenvalue weighted by Gasteiger charge is -2.31. The van der Waals surface area contributed by atoms with E-state index in [-0.39, 0.29) is 0 Å². The molecule has 0 aromatic rings. The smallest absolute Gasteiger partial charge is 0.0828 e. The number of likely N-dealkylation sites (tertiary alicyclic amines) is 1. The van der Waals surface area contributed by atoms with Crippen molar-refractivity contribution in [2.45, 2.75) is 18.9 Å². The number of rotatable bonds is 1. The molecule has 2 aliphatic rings. The van der Waals surface area contributed by atoms with E-state index in [0.717, 1.165) is 12.5 Å². The van der Waals surface area contributed by atoms with Crippen LogP contribution in [0, 0.1) is 5.92 Å². The second kappa shape index (κ2) is 3.44. The Bertz CT molecular complexity index is 171. The predicted molar refractivity (Wildman–Crippen MR) is 50.5 cm³/mol. The molecule has 0 amide bonds. The molecule has 1 saturated heterocycles. The molecule has 0 aliphatic carbocycles. The second-order valence-electron chi connectivity index (χ2n) is 3.89. The van der Waals surface area contributed by atoms with Gasteiger partial charge in [0.25, 0.3) is 0 Å². The summed E-state index contributed by atoms with van der Waals surface area (Å²) in [7, 11) is 2.20. The molecule has 0 aromatic carbocycles. The lowest BCUT2D eigenvalue weighted by molar-refractivity contribution is 0.202. The largest absolute Gasteiger partial charge is 0.374 e. The Hall–Kier alpha value is -0.570. The maximum Gasteiger partial charge on any atom is 0.0828 e. The molecule has 0 saturated carbocycles. The first-order valence-electron chi connectivity index (χ1n) is 4.80. The Morgan fingerprint density at radius 2 is 2.17 bits per heavy atom. The van der Waals surface area contributed by atoms with Crippen molar-refractivity contribution in [3.63, 3.8) is 0 Å². The maximum atomic E-state index is 4.43. The van der Waals surface area contributed by atoms with Crippen LogP contribution in [0.3, 0.4) is 0 Å². The molecule has 1 N–H and O–H groups in total. The van der Waals surface area contributed by atoms with E-state index in [4.69, 9.17) is 0 Å². The first-order valence-corrected chi connectivity index (χ1v) is 4.80. The van der Waals surface area contributed by atoms with Gasteiger partial charge < -0.3 is 10.2 Å². The molecule has 12 heavy (non-hydrogen) atoms. The fourth-order valence-electron chi connectivity index (χ4n) is 2.08. The fraction of sp³-hybridized carbons (Fsp3) is 0.889. The van der Waals surface area contributed by atoms with E-state index in [2.05, 4.69) is 22.3 Å². The van der Waals surface area contributed by atoms with Crippen LogP contribution < -0.4 is 5.32 Å². The van der Waals surface area contributed by atoms with Crippen LogP contribution >= 0.6 is 0 Å². The normalized spacial score (nSPS) is 32.2. The highest BCUT2D eigenvalue weighted by molar-refractivity contribution is 5.57. The SMILES string of the molecule is CN1CCC(C2CNC=N2)CC1. The quantitative estimate of drug-likeness (QED) is 0.609. The Kier molecular flexibility index (Phi) is 2.30. The maximum absolute atomic E-state index is 4.43. The van der Waals surface area contributed by atoms with Gasteiger partial charge in [0.1, 0.15) is 0 Å². The minimum Gasteiger partial charge on any atom is -0.374 e. The molecule has 2 heterocycles. The van der Waals surface area contributed by atoms with Crippen molar-refractivity contribution in [1.29, 1.82) is 0 Å². The predicted octanol–water partition coefficient (Wildman–Crippen LogP) is 0.328. The zero-order valence-electron chi connectivity index (χ0n) is 7.66. The van der Waals surface area contributed by atoms with Gasteiger partial charge in [-0.15, -0.1) is 0 Å². The Balaban J connectivity index is 1.84. The number of aliphatic imine (C=N–C) groups is 1. The molecule has 3 nitrogen and oxygen atoms in total. The molecular formula is C9H17N3. The third-order valence-electron chi connectivity index (χ3n) is 2.99. The lowest BCUT2D eigenvalue weighted by atomic mass is 9.90. The molecule has 2 aliphatic heterocycles. The van der Waals surface area contributed by atoms with Gasteiger partial charge in [0.05, 0.1) is 12.4 Å². The van der Waals surface area contributed by atoms with E-state index < -0.39 is 0 Å². The average molecular weight is 167 g/mol. The number of nitrogens with zero attached hydrogens (tertiary/aromatic N) is 2. The first-order chi connectivity index (χ1) is 5.86. The summed E-state index contributed by atoms with van der Waals surface area (Å²) in [4.78, 5) is 6.84. The van der Waals surface area contributed by atoms with Crippen molar-refractivity contribution in [3.8, 4) is 0 Å². The monoisotopic (exact) mass is 167 g/mol. The lowest BCUT2D eigenvalue weighted by Crippen LogP contribution is -2.36. The topological polar surface area (TPSA) is 27.6 Å². The van der Waals surface area contributed by atoms with Crippen LogP contribution in [0.5, 0.6) is 0 Å². The first kappa shape index (κ1) is 8.05. The van der Waals surface area contributed by atoms with Gasteiger partial charge in [0, 0.05) is 6.54 Å². The molecule has 2 rings (SSSR count). The van der Waals surface area contributed by atoms with E-state index >= 15 is 0 Å². The van der Waals surface area contributed by atoms with Gasteiger partial charge in [-0.1, -0.05) is 0 Å². The van der Waals surface area contributed by atoms with Crippen LogP contribution in [0.15, 0.2) is 4.99 Å². The van der Waals surface area contributed by atoms with Crippen LogP contribution in [0.4, 0.5) is 0 Å². The molecule has 1 fully saturated rings. The number of piperidine rings is 1. The molecule has 1 unspecified atom stereocenters. The zero-order valence-corrected chi connectivity index (χ0v) is 7.66. The summed E-state index contributed by atoms with van der Waals surface area (Å²) >= 11 is 0. The van der Waals surface area contributed by atoms with Crippen molar-refractivity contribution in [3.05, 3.63) is 0 Å². The Morgan fingerprint density at radius 1 is 1.42 bits per heavy atom. The average Bonchev–Trinajstić information content (AvgIpc) is 2.58. The molecule has 0 bridgehead atoms. The molecule has 1 atom stereocenters. The molecule has 3 heteroatoms. The van der Waals surface area contributed by atoms with Crippen LogP contribution in [0.2, 0.25) is 0 Å². The third kappa shape index (κ3) is 1.61. The van der Waals surface area contributed by atoms with Gasteiger partial charge in [-0.3, -0.25) is 4.99 Å². The zero-order chi connectivity index (χ0) is 8.39. The van der Waals surface area contributed by atoms with Crippen LogP contribution in [0.25, 0.3) is 0 Å². The highest BCUT2D eigenvalue weighted by Crippen LogP contribution is 2.22. The molecular weight excluding hydrogens is 150 g/mol. The van der Waals surface area contributed by atoms with Crippen LogP contribution in [-0.4, -0.2) is 44.0 Å². The van der Waals surface area contributed by atoms with Crippen LogP contribution in [0.1, 0.15) is 12.8 Å². The summed E-state index contributed by atoms with van der Waals surface area (Å²) in [6.45, 7) is 3.56. The van der Waals surface area contributed by atoms with E-state index in [0.29, 0.717) is 6.04 Å². The van der Waals surface area contributed by atoms with Crippen molar-refractivity contribution in [1.82, 2.24) is 10.2 Å². The number of hydrogen-bond acceptors (Lipinski definition) is 3. The van der Waals surface area contributed by atoms with Gasteiger partial charge in [-0.05, 0) is 38.9 Å². The highest BCUT2D eigenvalue weighted by Gasteiger charge is 2.25. The van der Waals surface area contributed by atoms with Gasteiger partial charge >= 0.3 is 0 Å². The Morgan fingerprint density at radius 3 is 2.75 bits per heavy atom. The minimum absolute atomic E-state index is 0.568. The van der Waals surface area contributed by atoms with Gasteiger partial charge in [-0.2, -0.15) is 0 Å². The molecule has 0 radical (unpaired) electrons. The third-order valence-corrected chi connectivity index (χ3v) is 2.99. The van der Waals surface area contributed by atoms with E-state index in [1.807, 2.05) is 6.34 Å². The molecule has 0 spiro atoms. The molecule has 0 aromatic heterocycles. The summed E-state index contributed by atoms with van der Waals surface area (Å²) in [6, 6.07) is 0.568. The molecule has 68 valence electrons. The summed E-state index contributed by atoms with van der Waals surface area (Å²) < 4.78 is 0. The van der Waals surface area contributed by atoms with Crippen molar-refractivity contribution >= 4 is 6.34 Å². The Labute approximate surface area is 73.9 Å². The summed E-state index contributed by atoms with van der Waals surface area (Å²) in [5.74, 6) is 0.826. The fourth-order valence-corrected chi connectivity index (χ4v) is 2.08.